The molecule has 0 unspecified atom stereocenters. The van der Waals surface area contributed by atoms with E-state index < -0.39 is 9.84 Å². The van der Waals surface area contributed by atoms with Gasteiger partial charge in [0.2, 0.25) is 0 Å². The van der Waals surface area contributed by atoms with E-state index in [-0.39, 0.29) is 5.16 Å². The van der Waals surface area contributed by atoms with E-state index in [1.165, 1.54) is 75.2 Å². The Morgan fingerprint density at radius 2 is 1.40 bits per heavy atom. The van der Waals surface area contributed by atoms with Crippen LogP contribution in [0.15, 0.2) is 17.6 Å². The number of unbranched alkanes of at least 4 members (excludes halogenated alkanes) is 11. The lowest BCUT2D eigenvalue weighted by molar-refractivity contribution is -0.919. The molecule has 5 nitrogen and oxygen atoms in total. The van der Waals surface area contributed by atoms with Gasteiger partial charge in [0.05, 0.1) is 13.3 Å². The number of aryl methyl sites for hydroxylation is 1. The third kappa shape index (κ3) is 9.28. The third-order valence-corrected chi connectivity index (χ3v) is 5.61. The monoisotopic (exact) mass is 373 g/mol. The molecule has 0 N–H and O–H groups in total. The summed E-state index contributed by atoms with van der Waals surface area (Å²) in [4.78, 5) is 5.59. The summed E-state index contributed by atoms with van der Waals surface area (Å²) >= 11 is 0. The van der Waals surface area contributed by atoms with E-state index >= 15 is 0 Å². The van der Waals surface area contributed by atoms with Crippen molar-refractivity contribution < 1.29 is 18.0 Å². The molecule has 1 aromatic heterocycles. The van der Waals surface area contributed by atoms with Gasteiger partial charge in [-0.05, 0) is 17.6 Å². The second-order valence-corrected chi connectivity index (χ2v) is 8.92. The van der Waals surface area contributed by atoms with Crippen molar-refractivity contribution in [3.63, 3.8) is 0 Å². The molecule has 0 saturated carbocycles. The highest BCUT2D eigenvalue weighted by Crippen LogP contribution is 2.11. The first-order valence-corrected chi connectivity index (χ1v) is 11.8. The van der Waals surface area contributed by atoms with Gasteiger partial charge < -0.3 is 4.84 Å². The molecule has 146 valence electrons. The lowest BCUT2D eigenvalue weighted by Crippen LogP contribution is -2.46. The van der Waals surface area contributed by atoms with Gasteiger partial charge in [-0.25, -0.2) is 13.0 Å². The Hall–Kier alpha value is -1.04. The average Bonchev–Trinajstić information content (AvgIpc) is 2.93. The van der Waals surface area contributed by atoms with E-state index in [4.69, 9.17) is 4.84 Å². The standard InChI is InChI=1S/C19H37N2O3S/c1-4-5-6-7-8-9-10-11-12-13-14-15-18-24-21-17-16-20(2)19(21)25(3,22)23/h16-17H,4-15,18H2,1-3H3/q+1. The van der Waals surface area contributed by atoms with Crippen molar-refractivity contribution in [2.24, 2.45) is 7.05 Å². The topological polar surface area (TPSA) is 52.2 Å². The van der Waals surface area contributed by atoms with Gasteiger partial charge in [0, 0.05) is 0 Å². The number of nitrogens with zero attached hydrogens (tertiary/aromatic N) is 2. The number of sulfone groups is 1. The van der Waals surface area contributed by atoms with Crippen molar-refractivity contribution in [1.82, 2.24) is 4.57 Å². The predicted molar refractivity (Wildman–Crippen MR) is 101 cm³/mol. The van der Waals surface area contributed by atoms with Crippen LogP contribution in [0.1, 0.15) is 84.0 Å². The minimum atomic E-state index is -3.29. The lowest BCUT2D eigenvalue weighted by Gasteiger charge is -2.04. The van der Waals surface area contributed by atoms with Crippen molar-refractivity contribution in [3.05, 3.63) is 12.4 Å². The van der Waals surface area contributed by atoms with Gasteiger partial charge in [-0.3, -0.25) is 0 Å². The Morgan fingerprint density at radius 1 is 0.920 bits per heavy atom. The molecule has 0 saturated heterocycles. The summed E-state index contributed by atoms with van der Waals surface area (Å²) in [5.41, 5.74) is 0. The fourth-order valence-electron chi connectivity index (χ4n) is 3.07. The van der Waals surface area contributed by atoms with E-state index in [1.807, 2.05) is 0 Å². The number of imidazole rings is 1. The first-order valence-electron chi connectivity index (χ1n) is 9.87. The van der Waals surface area contributed by atoms with Gasteiger partial charge in [-0.15, -0.1) is 0 Å². The van der Waals surface area contributed by atoms with E-state index in [9.17, 15) is 8.42 Å². The molecular weight excluding hydrogens is 336 g/mol. The molecule has 6 heteroatoms. The summed E-state index contributed by atoms with van der Waals surface area (Å²) in [6.07, 6.45) is 20.1. The molecule has 0 fully saturated rings. The van der Waals surface area contributed by atoms with Gasteiger partial charge in [0.25, 0.3) is 9.84 Å². The summed E-state index contributed by atoms with van der Waals surface area (Å²) in [6, 6.07) is 0. The van der Waals surface area contributed by atoms with E-state index in [1.54, 1.807) is 24.0 Å². The second kappa shape index (κ2) is 12.3. The fraction of sp³-hybridized carbons (Fsp3) is 0.842. The second-order valence-electron chi connectivity index (χ2n) is 7.01. The van der Waals surface area contributed by atoms with Crippen molar-refractivity contribution >= 4 is 9.84 Å². The summed E-state index contributed by atoms with van der Waals surface area (Å²) in [5.74, 6) is 0. The van der Waals surface area contributed by atoms with E-state index in [0.717, 1.165) is 12.8 Å². The van der Waals surface area contributed by atoms with Crippen LogP contribution in [-0.4, -0.2) is 25.8 Å². The molecule has 0 aliphatic carbocycles. The number of rotatable bonds is 15. The molecule has 0 aromatic carbocycles. The first-order chi connectivity index (χ1) is 12.0. The summed E-state index contributed by atoms with van der Waals surface area (Å²) in [5, 5.41) is 0.187. The summed E-state index contributed by atoms with van der Waals surface area (Å²) in [6.45, 7) is 2.81. The Morgan fingerprint density at radius 3 is 1.88 bits per heavy atom. The maximum atomic E-state index is 11.7. The minimum Gasteiger partial charge on any atom is -0.335 e. The zero-order chi connectivity index (χ0) is 18.5. The van der Waals surface area contributed by atoms with Crippen LogP contribution < -0.4 is 9.57 Å². The molecular formula is C19H37N2O3S+. The quantitative estimate of drug-likeness (QED) is 0.347. The smallest absolute Gasteiger partial charge is 0.335 e. The van der Waals surface area contributed by atoms with Crippen molar-refractivity contribution in [2.75, 3.05) is 12.9 Å². The minimum absolute atomic E-state index is 0.187. The predicted octanol–water partition coefficient (Wildman–Crippen LogP) is 3.85. The molecule has 0 bridgehead atoms. The Balaban J connectivity index is 2.01. The summed E-state index contributed by atoms with van der Waals surface area (Å²) < 4.78 is 26.4. The van der Waals surface area contributed by atoms with Crippen molar-refractivity contribution in [2.45, 2.75) is 89.1 Å². The molecule has 1 heterocycles. The zero-order valence-corrected chi connectivity index (χ0v) is 17.2. The maximum absolute atomic E-state index is 11.7. The summed E-state index contributed by atoms with van der Waals surface area (Å²) in [7, 11) is -1.58. The van der Waals surface area contributed by atoms with Crippen LogP contribution in [-0.2, 0) is 16.9 Å². The van der Waals surface area contributed by atoms with Crippen LogP contribution in [0.2, 0.25) is 0 Å². The molecule has 0 spiro atoms. The fourth-order valence-corrected chi connectivity index (χ4v) is 4.10. The first kappa shape index (κ1) is 22.0. The SMILES string of the molecule is CCCCCCCCCCCCCCO[n+]1ccn(C)c1S(C)(=O)=O. The van der Waals surface area contributed by atoms with Crippen LogP contribution in [0.4, 0.5) is 0 Å². The maximum Gasteiger partial charge on any atom is 0.414 e. The van der Waals surface area contributed by atoms with Crippen LogP contribution in [0, 0.1) is 0 Å². The number of hydrogen-bond donors (Lipinski definition) is 0. The average molecular weight is 374 g/mol. The van der Waals surface area contributed by atoms with Gasteiger partial charge in [-0.2, -0.15) is 0 Å². The molecule has 0 radical (unpaired) electrons. The number of aromatic nitrogens is 2. The van der Waals surface area contributed by atoms with Gasteiger partial charge in [0.15, 0.2) is 6.20 Å². The highest BCUT2D eigenvalue weighted by atomic mass is 32.2. The lowest BCUT2D eigenvalue weighted by atomic mass is 10.1. The van der Waals surface area contributed by atoms with E-state index in [2.05, 4.69) is 6.92 Å². The Labute approximate surface area is 154 Å². The molecule has 0 atom stereocenters. The van der Waals surface area contributed by atoms with Crippen LogP contribution >= 0.6 is 0 Å². The van der Waals surface area contributed by atoms with Crippen LogP contribution in [0.5, 0.6) is 0 Å². The van der Waals surface area contributed by atoms with Gasteiger partial charge in [0.1, 0.15) is 12.8 Å². The molecule has 0 aliphatic heterocycles. The molecule has 0 aliphatic rings. The normalized spacial score (nSPS) is 11.8. The highest BCUT2D eigenvalue weighted by Gasteiger charge is 2.27. The number of hydrogen-bond acceptors (Lipinski definition) is 3. The largest absolute Gasteiger partial charge is 0.414 e. The molecule has 1 aromatic rings. The molecule has 0 amide bonds. The van der Waals surface area contributed by atoms with Crippen LogP contribution in [0.3, 0.4) is 0 Å². The van der Waals surface area contributed by atoms with Crippen molar-refractivity contribution in [3.8, 4) is 0 Å². The van der Waals surface area contributed by atoms with Gasteiger partial charge in [-0.1, -0.05) is 71.1 Å². The molecule has 25 heavy (non-hydrogen) atoms. The highest BCUT2D eigenvalue weighted by molar-refractivity contribution is 7.90. The molecule has 1 rings (SSSR count). The van der Waals surface area contributed by atoms with E-state index in [0.29, 0.717) is 6.61 Å². The Bertz CT molecular complexity index is 567. The zero-order valence-electron chi connectivity index (χ0n) is 16.4. The van der Waals surface area contributed by atoms with Crippen molar-refractivity contribution in [1.29, 1.82) is 0 Å². The van der Waals surface area contributed by atoms with Gasteiger partial charge >= 0.3 is 5.16 Å². The third-order valence-electron chi connectivity index (χ3n) is 4.48. The van der Waals surface area contributed by atoms with Crippen LogP contribution in [0.25, 0.3) is 0 Å². The Kier molecular flexibility index (Phi) is 10.9.